The molecule has 0 bridgehead atoms. The highest BCUT2D eigenvalue weighted by molar-refractivity contribution is 5.96. The molecule has 1 unspecified atom stereocenters. The lowest BCUT2D eigenvalue weighted by atomic mass is 9.93. The highest BCUT2D eigenvalue weighted by Gasteiger charge is 2.15. The van der Waals surface area contributed by atoms with Gasteiger partial charge in [-0.25, -0.2) is 4.98 Å². The fraction of sp³-hybridized carbons (Fsp3) is 0.412. The smallest absolute Gasteiger partial charge is 0.181 e. The van der Waals surface area contributed by atoms with E-state index in [1.807, 2.05) is 36.4 Å². The lowest BCUT2D eigenvalue weighted by Gasteiger charge is -2.22. The summed E-state index contributed by atoms with van der Waals surface area (Å²) in [7, 11) is 0. The van der Waals surface area contributed by atoms with E-state index in [2.05, 4.69) is 10.3 Å². The molecule has 1 aromatic carbocycles. The zero-order valence-corrected chi connectivity index (χ0v) is 11.6. The van der Waals surface area contributed by atoms with E-state index >= 15 is 0 Å². The summed E-state index contributed by atoms with van der Waals surface area (Å²) in [6.07, 6.45) is 4.05. The predicted octanol–water partition coefficient (Wildman–Crippen LogP) is 3.20. The third kappa shape index (κ3) is 3.05. The molecule has 2 aromatic rings. The van der Waals surface area contributed by atoms with Crippen LogP contribution in [0.4, 0.5) is 0 Å². The van der Waals surface area contributed by atoms with Crippen molar-refractivity contribution in [3.05, 3.63) is 42.1 Å². The van der Waals surface area contributed by atoms with Gasteiger partial charge >= 0.3 is 0 Å². The number of Topliss-reactive ketones (excluding diaryl/α,β-unsaturated/α-hetero) is 1. The average Bonchev–Trinajstić information content (AvgIpc) is 2.53. The second-order valence-electron chi connectivity index (χ2n) is 5.56. The Kier molecular flexibility index (Phi) is 4.07. The SMILES string of the molecule is O=C(CCC1CCCNC1)c1ccc2ccccc2n1. The number of piperidine rings is 1. The number of para-hydroxylation sites is 1. The molecule has 0 radical (unpaired) electrons. The Bertz CT molecular complexity index is 603. The van der Waals surface area contributed by atoms with Gasteiger partial charge in [0, 0.05) is 11.8 Å². The van der Waals surface area contributed by atoms with Crippen LogP contribution in [0.15, 0.2) is 36.4 Å². The number of hydrogen-bond acceptors (Lipinski definition) is 3. The van der Waals surface area contributed by atoms with Crippen molar-refractivity contribution < 1.29 is 4.79 Å². The molecular formula is C17H20N2O. The van der Waals surface area contributed by atoms with Crippen molar-refractivity contribution in [3.63, 3.8) is 0 Å². The van der Waals surface area contributed by atoms with Crippen LogP contribution in [0.2, 0.25) is 0 Å². The maximum atomic E-state index is 12.2. The van der Waals surface area contributed by atoms with Gasteiger partial charge in [-0.2, -0.15) is 0 Å². The molecule has 1 atom stereocenters. The second-order valence-corrected chi connectivity index (χ2v) is 5.56. The van der Waals surface area contributed by atoms with Crippen molar-refractivity contribution in [1.82, 2.24) is 10.3 Å². The van der Waals surface area contributed by atoms with Gasteiger partial charge in [-0.05, 0) is 50.4 Å². The van der Waals surface area contributed by atoms with E-state index in [-0.39, 0.29) is 5.78 Å². The van der Waals surface area contributed by atoms with Gasteiger partial charge in [0.05, 0.1) is 5.52 Å². The van der Waals surface area contributed by atoms with Crippen molar-refractivity contribution in [3.8, 4) is 0 Å². The van der Waals surface area contributed by atoms with Crippen molar-refractivity contribution in [2.45, 2.75) is 25.7 Å². The van der Waals surface area contributed by atoms with Gasteiger partial charge in [-0.3, -0.25) is 4.79 Å². The summed E-state index contributed by atoms with van der Waals surface area (Å²) in [6.45, 7) is 2.18. The Morgan fingerprint density at radius 2 is 2.15 bits per heavy atom. The zero-order chi connectivity index (χ0) is 13.8. The first kappa shape index (κ1) is 13.3. The molecule has 1 aliphatic heterocycles. The molecule has 0 amide bonds. The molecule has 0 aliphatic carbocycles. The first-order chi connectivity index (χ1) is 9.83. The molecule has 1 N–H and O–H groups in total. The summed E-state index contributed by atoms with van der Waals surface area (Å²) in [5.41, 5.74) is 1.50. The van der Waals surface area contributed by atoms with E-state index in [0.29, 0.717) is 18.0 Å². The standard InChI is InChI=1S/C17H20N2O/c20-17(10-7-13-4-3-11-18-12-13)16-9-8-14-5-1-2-6-15(14)19-16/h1-2,5-6,8-9,13,18H,3-4,7,10-12H2. The van der Waals surface area contributed by atoms with Crippen LogP contribution in [0, 0.1) is 5.92 Å². The van der Waals surface area contributed by atoms with Crippen molar-refractivity contribution in [2.24, 2.45) is 5.92 Å². The fourth-order valence-corrected chi connectivity index (χ4v) is 2.86. The largest absolute Gasteiger partial charge is 0.316 e. The lowest BCUT2D eigenvalue weighted by Crippen LogP contribution is -2.30. The molecule has 3 heteroatoms. The summed E-state index contributed by atoms with van der Waals surface area (Å²) in [5, 5.41) is 4.48. The highest BCUT2D eigenvalue weighted by Crippen LogP contribution is 2.18. The van der Waals surface area contributed by atoms with E-state index in [1.165, 1.54) is 12.8 Å². The summed E-state index contributed by atoms with van der Waals surface area (Å²) < 4.78 is 0. The summed E-state index contributed by atoms with van der Waals surface area (Å²) in [6, 6.07) is 11.8. The van der Waals surface area contributed by atoms with Crippen LogP contribution >= 0.6 is 0 Å². The topological polar surface area (TPSA) is 42.0 Å². The number of benzene rings is 1. The molecule has 0 saturated carbocycles. The normalized spacial score (nSPS) is 19.1. The number of hydrogen-bond donors (Lipinski definition) is 1. The zero-order valence-electron chi connectivity index (χ0n) is 11.6. The Labute approximate surface area is 119 Å². The van der Waals surface area contributed by atoms with E-state index < -0.39 is 0 Å². The highest BCUT2D eigenvalue weighted by atomic mass is 16.1. The van der Waals surface area contributed by atoms with Gasteiger partial charge in [-0.1, -0.05) is 24.3 Å². The molecule has 20 heavy (non-hydrogen) atoms. The number of ketones is 1. The summed E-state index contributed by atoms with van der Waals surface area (Å²) in [4.78, 5) is 16.7. The minimum absolute atomic E-state index is 0.168. The van der Waals surface area contributed by atoms with E-state index in [9.17, 15) is 4.79 Å². The van der Waals surface area contributed by atoms with Gasteiger partial charge in [-0.15, -0.1) is 0 Å². The second kappa shape index (κ2) is 6.14. The number of fused-ring (bicyclic) bond motifs is 1. The van der Waals surface area contributed by atoms with Crippen molar-refractivity contribution >= 4 is 16.7 Å². The number of nitrogens with zero attached hydrogens (tertiary/aromatic N) is 1. The van der Waals surface area contributed by atoms with Crippen LogP contribution in [0.5, 0.6) is 0 Å². The number of pyridine rings is 1. The van der Waals surface area contributed by atoms with Crippen LogP contribution in [-0.4, -0.2) is 23.9 Å². The number of carbonyl (C=O) groups is 1. The van der Waals surface area contributed by atoms with Crippen molar-refractivity contribution in [2.75, 3.05) is 13.1 Å². The first-order valence-electron chi connectivity index (χ1n) is 7.42. The van der Waals surface area contributed by atoms with Gasteiger partial charge < -0.3 is 5.32 Å². The maximum absolute atomic E-state index is 12.2. The third-order valence-electron chi connectivity index (χ3n) is 4.06. The Hall–Kier alpha value is -1.74. The maximum Gasteiger partial charge on any atom is 0.181 e. The van der Waals surface area contributed by atoms with Crippen LogP contribution in [-0.2, 0) is 0 Å². The first-order valence-corrected chi connectivity index (χ1v) is 7.42. The molecule has 1 aliphatic rings. The molecule has 1 saturated heterocycles. The molecule has 3 rings (SSSR count). The Morgan fingerprint density at radius 1 is 1.25 bits per heavy atom. The number of rotatable bonds is 4. The number of nitrogens with one attached hydrogen (secondary N) is 1. The van der Waals surface area contributed by atoms with Crippen LogP contribution in [0.25, 0.3) is 10.9 Å². The monoisotopic (exact) mass is 268 g/mol. The number of aromatic nitrogens is 1. The molecule has 3 nitrogen and oxygen atoms in total. The van der Waals surface area contributed by atoms with Gasteiger partial charge in [0.1, 0.15) is 5.69 Å². The van der Waals surface area contributed by atoms with Crippen LogP contribution in [0.1, 0.15) is 36.2 Å². The minimum atomic E-state index is 0.168. The molecule has 104 valence electrons. The van der Waals surface area contributed by atoms with Crippen LogP contribution < -0.4 is 5.32 Å². The molecular weight excluding hydrogens is 248 g/mol. The summed E-state index contributed by atoms with van der Waals surface area (Å²) in [5.74, 6) is 0.814. The molecule has 0 spiro atoms. The average molecular weight is 268 g/mol. The number of carbonyl (C=O) groups excluding carboxylic acids is 1. The van der Waals surface area contributed by atoms with E-state index in [1.54, 1.807) is 0 Å². The van der Waals surface area contributed by atoms with Crippen molar-refractivity contribution in [1.29, 1.82) is 0 Å². The van der Waals surface area contributed by atoms with E-state index in [0.717, 1.165) is 30.4 Å². The molecule has 2 heterocycles. The third-order valence-corrected chi connectivity index (χ3v) is 4.06. The van der Waals surface area contributed by atoms with Gasteiger partial charge in [0.25, 0.3) is 0 Å². The summed E-state index contributed by atoms with van der Waals surface area (Å²) >= 11 is 0. The van der Waals surface area contributed by atoms with E-state index in [4.69, 9.17) is 0 Å². The fourth-order valence-electron chi connectivity index (χ4n) is 2.86. The molecule has 1 aromatic heterocycles. The minimum Gasteiger partial charge on any atom is -0.316 e. The predicted molar refractivity (Wildman–Crippen MR) is 80.9 cm³/mol. The Morgan fingerprint density at radius 3 is 3.00 bits per heavy atom. The lowest BCUT2D eigenvalue weighted by molar-refractivity contribution is 0.0967. The molecule has 1 fully saturated rings. The quantitative estimate of drug-likeness (QED) is 0.866. The van der Waals surface area contributed by atoms with Gasteiger partial charge in [0.15, 0.2) is 5.78 Å². The van der Waals surface area contributed by atoms with Crippen LogP contribution in [0.3, 0.4) is 0 Å². The Balaban J connectivity index is 1.65. The van der Waals surface area contributed by atoms with Gasteiger partial charge in [0.2, 0.25) is 0 Å².